The number of nitrogens with zero attached hydrogens (tertiary/aromatic N) is 3. The Morgan fingerprint density at radius 1 is 1.07 bits per heavy atom. The van der Waals surface area contributed by atoms with Gasteiger partial charge in [0.25, 0.3) is 15.9 Å². The van der Waals surface area contributed by atoms with Crippen molar-refractivity contribution in [2.45, 2.75) is 17.7 Å². The van der Waals surface area contributed by atoms with Crippen molar-refractivity contribution in [2.24, 2.45) is 5.73 Å². The molecule has 0 spiro atoms. The van der Waals surface area contributed by atoms with E-state index in [1.165, 1.54) is 6.07 Å². The van der Waals surface area contributed by atoms with Gasteiger partial charge in [0.2, 0.25) is 0 Å². The molecule has 0 radical (unpaired) electrons. The van der Waals surface area contributed by atoms with Crippen molar-refractivity contribution < 1.29 is 13.2 Å². The fraction of sp³-hybridized carbons (Fsp3) is 0.0952. The summed E-state index contributed by atoms with van der Waals surface area (Å²) in [5, 5.41) is 5.46. The molecular formula is C21H17N5O3S. The van der Waals surface area contributed by atoms with Gasteiger partial charge in [-0.25, -0.2) is 0 Å². The molecule has 0 fully saturated rings. The maximum absolute atomic E-state index is 13.3. The molecule has 0 atom stereocenters. The van der Waals surface area contributed by atoms with Gasteiger partial charge in [0.15, 0.2) is 5.69 Å². The number of carbonyl (C=O) groups is 1. The van der Waals surface area contributed by atoms with E-state index in [1.807, 2.05) is 24.3 Å². The first-order valence-electron chi connectivity index (χ1n) is 9.31. The average Bonchev–Trinajstić information content (AvgIpc) is 3.12. The zero-order valence-corrected chi connectivity index (χ0v) is 16.6. The Hall–Kier alpha value is -3.72. The summed E-state index contributed by atoms with van der Waals surface area (Å²) in [6.07, 6.45) is 4.41. The largest absolute Gasteiger partial charge is 0.364 e. The molecule has 150 valence electrons. The third-order valence-corrected chi connectivity index (χ3v) is 6.62. The molecule has 1 aliphatic rings. The summed E-state index contributed by atoms with van der Waals surface area (Å²) in [6.45, 7) is 0. The lowest BCUT2D eigenvalue weighted by Gasteiger charge is -2.19. The van der Waals surface area contributed by atoms with Crippen molar-refractivity contribution in [3.05, 3.63) is 77.7 Å². The van der Waals surface area contributed by atoms with Crippen LogP contribution in [0.2, 0.25) is 0 Å². The maximum atomic E-state index is 13.3. The van der Waals surface area contributed by atoms with Gasteiger partial charge in [-0.2, -0.15) is 18.0 Å². The van der Waals surface area contributed by atoms with Crippen LogP contribution in [-0.4, -0.2) is 29.2 Å². The number of primary amides is 1. The monoisotopic (exact) mass is 419 g/mol. The summed E-state index contributed by atoms with van der Waals surface area (Å²) in [6, 6.07) is 14.3. The Morgan fingerprint density at radius 3 is 2.73 bits per heavy atom. The molecule has 8 nitrogen and oxygen atoms in total. The van der Waals surface area contributed by atoms with E-state index in [1.54, 1.807) is 30.6 Å². The van der Waals surface area contributed by atoms with E-state index in [0.29, 0.717) is 28.5 Å². The van der Waals surface area contributed by atoms with Crippen molar-refractivity contribution >= 4 is 26.7 Å². The van der Waals surface area contributed by atoms with E-state index in [-0.39, 0.29) is 10.6 Å². The highest BCUT2D eigenvalue weighted by Gasteiger charge is 2.29. The van der Waals surface area contributed by atoms with Crippen LogP contribution in [0, 0.1) is 0 Å². The number of sulfonamides is 1. The zero-order valence-electron chi connectivity index (χ0n) is 15.7. The summed E-state index contributed by atoms with van der Waals surface area (Å²) in [5.41, 5.74) is 8.65. The second-order valence-electron chi connectivity index (χ2n) is 7.06. The van der Waals surface area contributed by atoms with E-state index in [0.717, 1.165) is 22.3 Å². The standard InChI is InChI=1S/C21H17N5O3S/c22-21(27)19-17-9-8-13-4-1-2-6-16(13)20(17)26(24-19)25-30(28,29)18-7-3-5-14-12-23-11-10-15(14)18/h1-7,10-12,25H,8-9H2,(H2,22,27). The topological polar surface area (TPSA) is 120 Å². The van der Waals surface area contributed by atoms with Gasteiger partial charge >= 0.3 is 0 Å². The summed E-state index contributed by atoms with van der Waals surface area (Å²) in [5.74, 6) is -0.695. The summed E-state index contributed by atoms with van der Waals surface area (Å²) < 4.78 is 26.6. The molecule has 0 aliphatic heterocycles. The number of fused-ring (bicyclic) bond motifs is 4. The summed E-state index contributed by atoms with van der Waals surface area (Å²) in [7, 11) is -4.02. The molecule has 9 heteroatoms. The van der Waals surface area contributed by atoms with Crippen LogP contribution in [0.1, 0.15) is 21.6 Å². The molecule has 2 aromatic carbocycles. The van der Waals surface area contributed by atoms with E-state index in [2.05, 4.69) is 14.9 Å². The molecule has 1 aliphatic carbocycles. The smallest absolute Gasteiger partial charge is 0.277 e. The lowest BCUT2D eigenvalue weighted by Crippen LogP contribution is -2.26. The number of rotatable bonds is 4. The van der Waals surface area contributed by atoms with Gasteiger partial charge in [0.1, 0.15) is 0 Å². The van der Waals surface area contributed by atoms with E-state index in [4.69, 9.17) is 5.73 Å². The summed E-state index contributed by atoms with van der Waals surface area (Å²) in [4.78, 5) is 19.8. The molecule has 0 bridgehead atoms. The van der Waals surface area contributed by atoms with E-state index >= 15 is 0 Å². The third kappa shape index (κ3) is 2.82. The van der Waals surface area contributed by atoms with Crippen LogP contribution in [0.25, 0.3) is 22.0 Å². The van der Waals surface area contributed by atoms with Gasteiger partial charge < -0.3 is 5.73 Å². The quantitative estimate of drug-likeness (QED) is 0.526. The number of pyridine rings is 1. The number of aryl methyl sites for hydroxylation is 1. The van der Waals surface area contributed by atoms with Crippen LogP contribution in [-0.2, 0) is 22.9 Å². The van der Waals surface area contributed by atoms with Crippen molar-refractivity contribution in [1.82, 2.24) is 14.9 Å². The molecule has 2 heterocycles. The highest BCUT2D eigenvalue weighted by atomic mass is 32.2. The van der Waals surface area contributed by atoms with Gasteiger partial charge in [0, 0.05) is 34.3 Å². The highest BCUT2D eigenvalue weighted by molar-refractivity contribution is 7.92. The highest BCUT2D eigenvalue weighted by Crippen LogP contribution is 2.35. The molecule has 2 aromatic heterocycles. The predicted molar refractivity (Wildman–Crippen MR) is 112 cm³/mol. The molecule has 5 rings (SSSR count). The van der Waals surface area contributed by atoms with Gasteiger partial charge in [-0.15, -0.1) is 5.10 Å². The third-order valence-electron chi connectivity index (χ3n) is 5.27. The van der Waals surface area contributed by atoms with Crippen molar-refractivity contribution in [3.8, 4) is 11.3 Å². The minimum Gasteiger partial charge on any atom is -0.364 e. The van der Waals surface area contributed by atoms with Crippen molar-refractivity contribution in [1.29, 1.82) is 0 Å². The molecule has 0 saturated heterocycles. The van der Waals surface area contributed by atoms with Crippen LogP contribution in [0.3, 0.4) is 0 Å². The van der Waals surface area contributed by atoms with Gasteiger partial charge in [-0.05, 0) is 30.5 Å². The number of amides is 1. The van der Waals surface area contributed by atoms with E-state index in [9.17, 15) is 13.2 Å². The molecule has 30 heavy (non-hydrogen) atoms. The van der Waals surface area contributed by atoms with Crippen LogP contribution < -0.4 is 10.6 Å². The Kier molecular flexibility index (Phi) is 4.07. The molecule has 3 N–H and O–H groups in total. The fourth-order valence-corrected chi connectivity index (χ4v) is 5.14. The lowest BCUT2D eigenvalue weighted by molar-refractivity contribution is 0.0994. The normalized spacial score (nSPS) is 12.9. The molecule has 0 saturated carbocycles. The van der Waals surface area contributed by atoms with Crippen LogP contribution in [0.5, 0.6) is 0 Å². The molecule has 4 aromatic rings. The average molecular weight is 419 g/mol. The second-order valence-corrected chi connectivity index (χ2v) is 8.69. The predicted octanol–water partition coefficient (Wildman–Crippen LogP) is 2.23. The lowest BCUT2D eigenvalue weighted by atomic mass is 9.89. The van der Waals surface area contributed by atoms with Crippen LogP contribution >= 0.6 is 0 Å². The number of aromatic nitrogens is 3. The molecular weight excluding hydrogens is 402 g/mol. The minimum atomic E-state index is -4.02. The number of carbonyl (C=O) groups excluding carboxylic acids is 1. The van der Waals surface area contributed by atoms with Crippen LogP contribution in [0.4, 0.5) is 0 Å². The summed E-state index contributed by atoms with van der Waals surface area (Å²) >= 11 is 0. The number of hydrogen-bond acceptors (Lipinski definition) is 5. The minimum absolute atomic E-state index is 0.0734. The zero-order chi connectivity index (χ0) is 20.9. The Bertz CT molecular complexity index is 1420. The fourth-order valence-electron chi connectivity index (χ4n) is 3.95. The van der Waals surface area contributed by atoms with Crippen molar-refractivity contribution in [2.75, 3.05) is 4.83 Å². The molecule has 0 unspecified atom stereocenters. The van der Waals surface area contributed by atoms with Gasteiger partial charge in [-0.1, -0.05) is 36.4 Å². The van der Waals surface area contributed by atoms with Gasteiger partial charge in [0.05, 0.1) is 10.6 Å². The Balaban J connectivity index is 1.68. The van der Waals surface area contributed by atoms with E-state index < -0.39 is 15.9 Å². The maximum Gasteiger partial charge on any atom is 0.277 e. The number of hydrogen-bond donors (Lipinski definition) is 2. The second kappa shape index (κ2) is 6.67. The first-order chi connectivity index (χ1) is 14.5. The SMILES string of the molecule is NC(=O)c1nn(NS(=O)(=O)c2cccc3cnccc23)c2c1CCc1ccccc1-2. The number of nitrogens with two attached hydrogens (primary N) is 1. The Labute approximate surface area is 172 Å². The van der Waals surface area contributed by atoms with Gasteiger partial charge in [-0.3, -0.25) is 9.78 Å². The first kappa shape index (κ1) is 18.3. The number of benzene rings is 2. The molecule has 1 amide bonds. The Morgan fingerprint density at radius 2 is 1.90 bits per heavy atom. The number of nitrogens with one attached hydrogen (secondary N) is 1. The first-order valence-corrected chi connectivity index (χ1v) is 10.8. The van der Waals surface area contributed by atoms with Crippen molar-refractivity contribution in [3.63, 3.8) is 0 Å². The van der Waals surface area contributed by atoms with Crippen LogP contribution in [0.15, 0.2) is 65.8 Å².